The summed E-state index contributed by atoms with van der Waals surface area (Å²) in [6.45, 7) is 4.46. The van der Waals surface area contributed by atoms with Gasteiger partial charge in [0.05, 0.1) is 30.5 Å². The molecule has 3 rings (SSSR count). The normalized spacial score (nSPS) is 11.2. The zero-order chi connectivity index (χ0) is 21.1. The first-order valence-electron chi connectivity index (χ1n) is 9.39. The van der Waals surface area contributed by atoms with Gasteiger partial charge in [0.1, 0.15) is 0 Å². The number of hydrogen-bond donors (Lipinski definition) is 0. The zero-order valence-electron chi connectivity index (χ0n) is 17.0. The van der Waals surface area contributed by atoms with Crippen LogP contribution in [0.3, 0.4) is 0 Å². The lowest BCUT2D eigenvalue weighted by atomic mass is 9.97. The number of nitrogens with zero attached hydrogens (tertiary/aromatic N) is 1. The molecule has 5 nitrogen and oxygen atoms in total. The summed E-state index contributed by atoms with van der Waals surface area (Å²) < 4.78 is 12.3. The molecule has 0 bridgehead atoms. The Balaban J connectivity index is 2.32. The molecule has 0 atom stereocenters. The maximum absolute atomic E-state index is 13.1. The van der Waals surface area contributed by atoms with E-state index >= 15 is 0 Å². The zero-order valence-corrected chi connectivity index (χ0v) is 17.7. The van der Waals surface area contributed by atoms with Crippen molar-refractivity contribution in [2.45, 2.75) is 27.0 Å². The third-order valence-corrected chi connectivity index (χ3v) is 5.30. The molecule has 2 aromatic carbocycles. The molecule has 0 saturated heterocycles. The predicted octanol–water partition coefficient (Wildman–Crippen LogP) is 5.11. The van der Waals surface area contributed by atoms with Gasteiger partial charge in [0.15, 0.2) is 5.78 Å². The first-order chi connectivity index (χ1) is 13.9. The van der Waals surface area contributed by atoms with Crippen LogP contribution >= 0.6 is 11.6 Å². The molecule has 1 heterocycles. The average Bonchev–Trinajstić information content (AvgIpc) is 3.01. The largest absolute Gasteiger partial charge is 0.465 e. The molecule has 0 radical (unpaired) electrons. The van der Waals surface area contributed by atoms with E-state index in [-0.39, 0.29) is 18.3 Å². The number of Topliss-reactive ketones (excluding diaryl/α,β-unsaturated/α-hetero) is 1. The summed E-state index contributed by atoms with van der Waals surface area (Å²) in [7, 11) is 2.94. The summed E-state index contributed by atoms with van der Waals surface area (Å²) in [5, 5.41) is 1.43. The van der Waals surface area contributed by atoms with Crippen LogP contribution in [-0.4, -0.2) is 30.5 Å². The first kappa shape index (κ1) is 21.1. The molecule has 0 N–H and O–H groups in total. The van der Waals surface area contributed by atoms with Crippen molar-refractivity contribution in [1.82, 2.24) is 4.57 Å². The molecule has 152 valence electrons. The lowest BCUT2D eigenvalue weighted by Gasteiger charge is -2.13. The minimum Gasteiger partial charge on any atom is -0.465 e. The maximum atomic E-state index is 13.1. The molecule has 3 aromatic rings. The molecule has 29 heavy (non-hydrogen) atoms. The standard InChI is InChI=1S/C23H24ClNO4/c1-14(2)22(26)21-17-10-9-15(23(27)29-4)11-19(17)25(20(21)13-28-3)12-16-7-5-6-8-18(16)24/h5-11,14H,12-13H2,1-4H3. The van der Waals surface area contributed by atoms with Gasteiger partial charge in [0, 0.05) is 35.5 Å². The van der Waals surface area contributed by atoms with Crippen LogP contribution in [0.25, 0.3) is 10.9 Å². The van der Waals surface area contributed by atoms with Crippen molar-refractivity contribution in [2.24, 2.45) is 5.92 Å². The average molecular weight is 414 g/mol. The third-order valence-electron chi connectivity index (χ3n) is 4.93. The summed E-state index contributed by atoms with van der Waals surface area (Å²) in [6.07, 6.45) is 0. The minimum atomic E-state index is -0.428. The predicted molar refractivity (Wildman–Crippen MR) is 114 cm³/mol. The number of carbonyl (C=O) groups is 2. The summed E-state index contributed by atoms with van der Waals surface area (Å²) >= 11 is 6.39. The highest BCUT2D eigenvalue weighted by Crippen LogP contribution is 2.32. The number of esters is 1. The van der Waals surface area contributed by atoms with E-state index in [1.807, 2.05) is 42.7 Å². The second-order valence-electron chi connectivity index (χ2n) is 7.17. The second kappa shape index (κ2) is 8.80. The molecule has 0 aliphatic carbocycles. The van der Waals surface area contributed by atoms with Gasteiger partial charge in [-0.3, -0.25) is 4.79 Å². The lowest BCUT2D eigenvalue weighted by molar-refractivity contribution is 0.0600. The van der Waals surface area contributed by atoms with E-state index in [2.05, 4.69) is 0 Å². The van der Waals surface area contributed by atoms with E-state index in [0.29, 0.717) is 22.7 Å². The van der Waals surface area contributed by atoms with Gasteiger partial charge in [0.2, 0.25) is 0 Å². The number of ether oxygens (including phenoxy) is 2. The van der Waals surface area contributed by atoms with Crippen LogP contribution in [0.2, 0.25) is 5.02 Å². The number of fused-ring (bicyclic) bond motifs is 1. The van der Waals surface area contributed by atoms with E-state index in [9.17, 15) is 9.59 Å². The van der Waals surface area contributed by atoms with Crippen molar-refractivity contribution in [3.63, 3.8) is 0 Å². The topological polar surface area (TPSA) is 57.5 Å². The van der Waals surface area contributed by atoms with Gasteiger partial charge in [-0.15, -0.1) is 0 Å². The highest BCUT2D eigenvalue weighted by molar-refractivity contribution is 6.31. The van der Waals surface area contributed by atoms with Gasteiger partial charge in [-0.25, -0.2) is 4.79 Å². The fraction of sp³-hybridized carbons (Fsp3) is 0.304. The molecule has 0 amide bonds. The van der Waals surface area contributed by atoms with Crippen LogP contribution in [0.4, 0.5) is 0 Å². The van der Waals surface area contributed by atoms with Crippen molar-refractivity contribution in [1.29, 1.82) is 0 Å². The third kappa shape index (κ3) is 4.07. The van der Waals surface area contributed by atoms with Crippen LogP contribution < -0.4 is 0 Å². The van der Waals surface area contributed by atoms with Crippen LogP contribution in [0.15, 0.2) is 42.5 Å². The van der Waals surface area contributed by atoms with Crippen molar-refractivity contribution in [2.75, 3.05) is 14.2 Å². The summed E-state index contributed by atoms with van der Waals surface area (Å²) in [5.74, 6) is -0.571. The van der Waals surface area contributed by atoms with Crippen molar-refractivity contribution in [3.8, 4) is 0 Å². The Bertz CT molecular complexity index is 1070. The number of hydrogen-bond acceptors (Lipinski definition) is 4. The Morgan fingerprint density at radius 1 is 1.10 bits per heavy atom. The fourth-order valence-electron chi connectivity index (χ4n) is 3.47. The summed E-state index contributed by atoms with van der Waals surface area (Å²) in [4.78, 5) is 25.2. The Kier molecular flexibility index (Phi) is 6.40. The highest BCUT2D eigenvalue weighted by atomic mass is 35.5. The summed E-state index contributed by atoms with van der Waals surface area (Å²) in [6, 6.07) is 12.8. The molecular weight excluding hydrogens is 390 g/mol. The van der Waals surface area contributed by atoms with E-state index in [4.69, 9.17) is 21.1 Å². The van der Waals surface area contributed by atoms with Crippen molar-refractivity contribution >= 4 is 34.3 Å². The molecule has 0 fully saturated rings. The Morgan fingerprint density at radius 2 is 1.83 bits per heavy atom. The number of rotatable bonds is 7. The van der Waals surface area contributed by atoms with Crippen LogP contribution in [0, 0.1) is 5.92 Å². The van der Waals surface area contributed by atoms with Crippen molar-refractivity contribution < 1.29 is 19.1 Å². The van der Waals surface area contributed by atoms with E-state index in [0.717, 1.165) is 22.2 Å². The second-order valence-corrected chi connectivity index (χ2v) is 7.58. The van der Waals surface area contributed by atoms with E-state index < -0.39 is 5.97 Å². The van der Waals surface area contributed by atoms with E-state index in [1.165, 1.54) is 7.11 Å². The molecular formula is C23H24ClNO4. The first-order valence-corrected chi connectivity index (χ1v) is 9.76. The minimum absolute atomic E-state index is 0.0331. The van der Waals surface area contributed by atoms with Gasteiger partial charge in [0.25, 0.3) is 0 Å². The number of aromatic nitrogens is 1. The van der Waals surface area contributed by atoms with Gasteiger partial charge >= 0.3 is 5.97 Å². The molecule has 0 aliphatic heterocycles. The van der Waals surface area contributed by atoms with Crippen LogP contribution in [-0.2, 0) is 22.6 Å². The maximum Gasteiger partial charge on any atom is 0.337 e. The van der Waals surface area contributed by atoms with Gasteiger partial charge < -0.3 is 14.0 Å². The molecule has 0 saturated carbocycles. The monoisotopic (exact) mass is 413 g/mol. The van der Waals surface area contributed by atoms with Crippen molar-refractivity contribution in [3.05, 3.63) is 69.9 Å². The smallest absolute Gasteiger partial charge is 0.337 e. The molecule has 0 aliphatic rings. The highest BCUT2D eigenvalue weighted by Gasteiger charge is 2.25. The van der Waals surface area contributed by atoms with Crippen LogP contribution in [0.5, 0.6) is 0 Å². The quantitative estimate of drug-likeness (QED) is 0.398. The number of methoxy groups -OCH3 is 2. The fourth-order valence-corrected chi connectivity index (χ4v) is 3.67. The van der Waals surface area contributed by atoms with Gasteiger partial charge in [-0.1, -0.05) is 49.7 Å². The van der Waals surface area contributed by atoms with Gasteiger partial charge in [-0.2, -0.15) is 0 Å². The van der Waals surface area contributed by atoms with Crippen LogP contribution in [0.1, 0.15) is 45.8 Å². The lowest BCUT2D eigenvalue weighted by Crippen LogP contribution is -2.13. The molecule has 0 spiro atoms. The van der Waals surface area contributed by atoms with E-state index in [1.54, 1.807) is 25.3 Å². The number of halogens is 1. The molecule has 0 unspecified atom stereocenters. The molecule has 1 aromatic heterocycles. The molecule has 6 heteroatoms. The van der Waals surface area contributed by atoms with Gasteiger partial charge in [-0.05, 0) is 23.8 Å². The number of benzene rings is 2. The Labute approximate surface area is 175 Å². The number of ketones is 1. The summed E-state index contributed by atoms with van der Waals surface area (Å²) in [5.41, 5.74) is 3.49. The Morgan fingerprint density at radius 3 is 2.45 bits per heavy atom. The number of carbonyl (C=O) groups excluding carboxylic acids is 2. The SMILES string of the molecule is COCc1c(C(=O)C(C)C)c2ccc(C(=O)OC)cc2n1Cc1ccccc1Cl. The Hall–Kier alpha value is -2.63.